The molecule has 0 aliphatic carbocycles. The molecule has 0 aliphatic rings. The molecule has 0 unspecified atom stereocenters. The van der Waals surface area contributed by atoms with Gasteiger partial charge in [0.25, 0.3) is 0 Å². The molecule has 11 nitrogen and oxygen atoms in total. The largest absolute Gasteiger partial charge is 0.481 e. The minimum atomic E-state index is -3.44. The Morgan fingerprint density at radius 2 is 1.62 bits per heavy atom. The number of anilines is 3. The first kappa shape index (κ1) is 24.7. The van der Waals surface area contributed by atoms with Gasteiger partial charge in [0.05, 0.1) is 18.7 Å². The highest BCUT2D eigenvalue weighted by Crippen LogP contribution is 2.18. The lowest BCUT2D eigenvalue weighted by molar-refractivity contribution is -0.141. The zero-order chi connectivity index (χ0) is 25.0. The van der Waals surface area contributed by atoms with E-state index in [1.807, 2.05) is 31.2 Å². The Labute approximate surface area is 195 Å². The molecule has 0 radical (unpaired) electrons. The average Bonchev–Trinajstić information content (AvgIpc) is 2.75. The predicted molar refractivity (Wildman–Crippen MR) is 128 cm³/mol. The van der Waals surface area contributed by atoms with Crippen LogP contribution in [0, 0.1) is 12.8 Å². The second-order valence-electron chi connectivity index (χ2n) is 8.00. The maximum atomic E-state index is 13.2. The van der Waals surface area contributed by atoms with E-state index < -0.39 is 33.3 Å². The summed E-state index contributed by atoms with van der Waals surface area (Å²) < 4.78 is 27.2. The number of aromatic nitrogens is 3. The van der Waals surface area contributed by atoms with Gasteiger partial charge in [0, 0.05) is 17.9 Å². The monoisotopic (exact) mass is 487 g/mol. The van der Waals surface area contributed by atoms with E-state index >= 15 is 0 Å². The molecular formula is C22H25N5O6S. The van der Waals surface area contributed by atoms with Crippen LogP contribution < -0.4 is 21.4 Å². The summed E-state index contributed by atoms with van der Waals surface area (Å²) in [6.07, 6.45) is 1.03. The minimum Gasteiger partial charge on any atom is -0.481 e. The molecule has 3 rings (SSSR count). The van der Waals surface area contributed by atoms with Crippen molar-refractivity contribution in [1.29, 1.82) is 0 Å². The molecule has 1 atom stereocenters. The van der Waals surface area contributed by atoms with Gasteiger partial charge in [0.15, 0.2) is 0 Å². The van der Waals surface area contributed by atoms with Gasteiger partial charge in [-0.25, -0.2) is 22.6 Å². The van der Waals surface area contributed by atoms with Gasteiger partial charge >= 0.3 is 17.3 Å². The van der Waals surface area contributed by atoms with Crippen molar-refractivity contribution in [2.75, 3.05) is 16.3 Å². The lowest BCUT2D eigenvalue weighted by Gasteiger charge is -2.17. The molecule has 0 saturated carbocycles. The van der Waals surface area contributed by atoms with Gasteiger partial charge in [0.1, 0.15) is 0 Å². The first-order valence-electron chi connectivity index (χ1n) is 10.3. The van der Waals surface area contributed by atoms with E-state index in [1.54, 1.807) is 12.1 Å². The third kappa shape index (κ3) is 6.32. The zero-order valence-corrected chi connectivity index (χ0v) is 19.7. The molecule has 0 fully saturated rings. The Morgan fingerprint density at radius 1 is 1.03 bits per heavy atom. The fourth-order valence-electron chi connectivity index (χ4n) is 3.12. The number of sulfonamides is 1. The highest BCUT2D eigenvalue weighted by Gasteiger charge is 2.19. The first-order valence-corrected chi connectivity index (χ1v) is 12.2. The van der Waals surface area contributed by atoms with Crippen LogP contribution in [0.15, 0.2) is 58.1 Å². The Bertz CT molecular complexity index is 1410. The third-order valence-corrected chi connectivity index (χ3v) is 5.54. The van der Waals surface area contributed by atoms with Gasteiger partial charge in [-0.2, -0.15) is 4.98 Å². The van der Waals surface area contributed by atoms with Crippen LogP contribution in [0.1, 0.15) is 18.1 Å². The number of carboxylic acid groups (broad SMARTS) is 1. The quantitative estimate of drug-likeness (QED) is 0.411. The number of rotatable bonds is 9. The maximum Gasteiger partial charge on any atom is 0.354 e. The van der Waals surface area contributed by atoms with Gasteiger partial charge in [0.2, 0.25) is 16.0 Å². The van der Waals surface area contributed by atoms with Crippen LogP contribution >= 0.6 is 0 Å². The number of nitrogens with zero attached hydrogens (tertiary/aromatic N) is 3. The molecule has 3 N–H and O–H groups in total. The Kier molecular flexibility index (Phi) is 7.20. The van der Waals surface area contributed by atoms with Crippen LogP contribution in [0.5, 0.6) is 0 Å². The summed E-state index contributed by atoms with van der Waals surface area (Å²) in [5.41, 5.74) is 1.04. The Hall–Kier alpha value is -3.93. The molecule has 180 valence electrons. The molecule has 0 bridgehead atoms. The lowest BCUT2D eigenvalue weighted by Crippen LogP contribution is -2.44. The standard InChI is InChI=1S/C22H25N5O6S/c1-14-4-6-16(7-5-14)13-26-20(23-17-8-10-18(11-9-17)25-34(3,32)33)24-21(30)27(22(26)31)12-15(2)19(28)29/h4-11,15,25H,12-13H2,1-3H3,(H,28,29)(H,23,24,30)/t15-/m0/s1. The molecule has 3 aromatic rings. The van der Waals surface area contributed by atoms with Gasteiger partial charge in [-0.05, 0) is 36.8 Å². The molecule has 0 spiro atoms. The van der Waals surface area contributed by atoms with Crippen LogP contribution in [-0.2, 0) is 27.9 Å². The summed E-state index contributed by atoms with van der Waals surface area (Å²) in [5.74, 6) is -2.13. The zero-order valence-electron chi connectivity index (χ0n) is 18.8. The van der Waals surface area contributed by atoms with Gasteiger partial charge in [-0.1, -0.05) is 36.8 Å². The third-order valence-electron chi connectivity index (χ3n) is 4.93. The molecule has 0 saturated heterocycles. The van der Waals surface area contributed by atoms with E-state index in [9.17, 15) is 27.9 Å². The summed E-state index contributed by atoms with van der Waals surface area (Å²) in [7, 11) is -3.44. The van der Waals surface area contributed by atoms with E-state index in [0.717, 1.165) is 21.9 Å². The molecule has 1 heterocycles. The molecular weight excluding hydrogens is 462 g/mol. The fraction of sp³-hybridized carbons (Fsp3) is 0.273. The molecule has 0 aliphatic heterocycles. The van der Waals surface area contributed by atoms with Gasteiger partial charge in [-0.15, -0.1) is 0 Å². The van der Waals surface area contributed by atoms with E-state index in [-0.39, 0.29) is 19.0 Å². The van der Waals surface area contributed by atoms with Gasteiger partial charge in [-0.3, -0.25) is 14.1 Å². The Morgan fingerprint density at radius 3 is 2.18 bits per heavy atom. The van der Waals surface area contributed by atoms with Crippen LogP contribution in [0.3, 0.4) is 0 Å². The molecule has 12 heteroatoms. The minimum absolute atomic E-state index is 0.0291. The van der Waals surface area contributed by atoms with Crippen LogP contribution in [0.25, 0.3) is 0 Å². The number of aryl methyl sites for hydroxylation is 1. The van der Waals surface area contributed by atoms with E-state index in [4.69, 9.17) is 0 Å². The average molecular weight is 488 g/mol. The number of benzene rings is 2. The first-order chi connectivity index (χ1) is 15.9. The number of nitrogens with one attached hydrogen (secondary N) is 2. The number of hydrogen-bond acceptors (Lipinski definition) is 7. The van der Waals surface area contributed by atoms with Crippen LogP contribution in [0.2, 0.25) is 0 Å². The van der Waals surface area contributed by atoms with E-state index in [1.165, 1.54) is 23.6 Å². The SMILES string of the molecule is Cc1ccc(Cn2c(Nc3ccc(NS(C)(=O)=O)cc3)nc(=O)n(C[C@H](C)C(=O)O)c2=O)cc1. The molecule has 2 aromatic carbocycles. The normalized spacial score (nSPS) is 12.2. The number of hydrogen-bond donors (Lipinski definition) is 3. The number of carbonyl (C=O) groups is 1. The van der Waals surface area contributed by atoms with Crippen LogP contribution in [-0.4, -0.2) is 39.9 Å². The summed E-state index contributed by atoms with van der Waals surface area (Å²) in [6, 6.07) is 13.6. The molecule has 1 aromatic heterocycles. The van der Waals surface area contributed by atoms with Crippen molar-refractivity contribution in [2.45, 2.75) is 26.9 Å². The topological polar surface area (TPSA) is 152 Å². The van der Waals surface area contributed by atoms with Crippen molar-refractivity contribution >= 4 is 33.3 Å². The van der Waals surface area contributed by atoms with Crippen molar-refractivity contribution < 1.29 is 18.3 Å². The van der Waals surface area contributed by atoms with Gasteiger partial charge < -0.3 is 10.4 Å². The predicted octanol–water partition coefficient (Wildman–Crippen LogP) is 1.60. The lowest BCUT2D eigenvalue weighted by atomic mass is 10.1. The van der Waals surface area contributed by atoms with E-state index in [2.05, 4.69) is 15.0 Å². The highest BCUT2D eigenvalue weighted by molar-refractivity contribution is 7.92. The number of carboxylic acids is 1. The molecule has 0 amide bonds. The summed E-state index contributed by atoms with van der Waals surface area (Å²) in [5, 5.41) is 12.1. The van der Waals surface area contributed by atoms with Crippen molar-refractivity contribution in [2.24, 2.45) is 5.92 Å². The van der Waals surface area contributed by atoms with Crippen molar-refractivity contribution in [3.05, 3.63) is 80.6 Å². The summed E-state index contributed by atoms with van der Waals surface area (Å²) in [6.45, 7) is 3.10. The van der Waals surface area contributed by atoms with Crippen molar-refractivity contribution in [1.82, 2.24) is 14.1 Å². The second-order valence-corrected chi connectivity index (χ2v) is 9.75. The summed E-state index contributed by atoms with van der Waals surface area (Å²) >= 11 is 0. The van der Waals surface area contributed by atoms with Crippen molar-refractivity contribution in [3.8, 4) is 0 Å². The smallest absolute Gasteiger partial charge is 0.354 e. The number of aliphatic carboxylic acids is 1. The fourth-order valence-corrected chi connectivity index (χ4v) is 3.68. The molecule has 34 heavy (non-hydrogen) atoms. The van der Waals surface area contributed by atoms with Crippen LogP contribution in [0.4, 0.5) is 17.3 Å². The summed E-state index contributed by atoms with van der Waals surface area (Å²) in [4.78, 5) is 41.1. The Balaban J connectivity index is 2.02. The van der Waals surface area contributed by atoms with Crippen molar-refractivity contribution in [3.63, 3.8) is 0 Å². The second kappa shape index (κ2) is 9.91. The van der Waals surface area contributed by atoms with E-state index in [0.29, 0.717) is 11.4 Å². The highest BCUT2D eigenvalue weighted by atomic mass is 32.2. The maximum absolute atomic E-state index is 13.2.